The maximum absolute atomic E-state index is 11.8. The molecule has 0 spiro atoms. The number of hydrogen-bond acceptors (Lipinski definition) is 5. The summed E-state index contributed by atoms with van der Waals surface area (Å²) >= 11 is 0. The zero-order valence-corrected chi connectivity index (χ0v) is 14.6. The van der Waals surface area contributed by atoms with Crippen LogP contribution in [0.25, 0.3) is 0 Å². The van der Waals surface area contributed by atoms with Gasteiger partial charge in [-0.1, -0.05) is 19.1 Å². The molecule has 1 saturated heterocycles. The standard InChI is InChI=1S/C19H23N3O3/c1-3-17(23)22-12-8-14(9-13-22)18-19(21-11-10-20-18)25-16-7-5-4-6-15(16)24-2/h4-7,10-11,14H,3,8-9,12-13H2,1-2H3. The first-order valence-corrected chi connectivity index (χ1v) is 8.62. The number of nitrogens with zero attached hydrogens (tertiary/aromatic N) is 3. The number of hydrogen-bond donors (Lipinski definition) is 0. The Morgan fingerprint density at radius 2 is 1.84 bits per heavy atom. The average molecular weight is 341 g/mol. The lowest BCUT2D eigenvalue weighted by Crippen LogP contribution is -2.37. The topological polar surface area (TPSA) is 64.6 Å². The van der Waals surface area contributed by atoms with Crippen molar-refractivity contribution < 1.29 is 14.3 Å². The molecule has 0 radical (unpaired) electrons. The minimum absolute atomic E-state index is 0.211. The first kappa shape index (κ1) is 17.2. The number of likely N-dealkylation sites (tertiary alicyclic amines) is 1. The molecule has 2 heterocycles. The molecule has 0 aliphatic carbocycles. The number of carbonyl (C=O) groups excluding carboxylic acids is 1. The van der Waals surface area contributed by atoms with Crippen molar-refractivity contribution >= 4 is 5.91 Å². The largest absolute Gasteiger partial charge is 0.493 e. The van der Waals surface area contributed by atoms with Gasteiger partial charge in [0.25, 0.3) is 0 Å². The Bertz CT molecular complexity index is 727. The first-order chi connectivity index (χ1) is 12.2. The normalized spacial score (nSPS) is 15.0. The molecule has 2 aromatic rings. The van der Waals surface area contributed by atoms with E-state index in [0.29, 0.717) is 23.8 Å². The fourth-order valence-electron chi connectivity index (χ4n) is 3.13. The maximum atomic E-state index is 11.8. The van der Waals surface area contributed by atoms with Gasteiger partial charge in [-0.2, -0.15) is 0 Å². The number of methoxy groups -OCH3 is 1. The molecule has 0 bridgehead atoms. The van der Waals surface area contributed by atoms with E-state index in [4.69, 9.17) is 9.47 Å². The number of amides is 1. The van der Waals surface area contributed by atoms with Crippen LogP contribution in [0.4, 0.5) is 0 Å². The first-order valence-electron chi connectivity index (χ1n) is 8.62. The van der Waals surface area contributed by atoms with E-state index in [1.165, 1.54) is 0 Å². The molecule has 3 rings (SSSR count). The second kappa shape index (κ2) is 7.96. The number of aromatic nitrogens is 2. The number of carbonyl (C=O) groups is 1. The lowest BCUT2D eigenvalue weighted by atomic mass is 9.93. The van der Waals surface area contributed by atoms with Gasteiger partial charge in [-0.05, 0) is 25.0 Å². The lowest BCUT2D eigenvalue weighted by molar-refractivity contribution is -0.131. The maximum Gasteiger partial charge on any atom is 0.241 e. The summed E-state index contributed by atoms with van der Waals surface area (Å²) in [6, 6.07) is 7.48. The molecule has 1 aliphatic rings. The van der Waals surface area contributed by atoms with Crippen LogP contribution in [0.3, 0.4) is 0 Å². The highest BCUT2D eigenvalue weighted by Crippen LogP contribution is 2.36. The van der Waals surface area contributed by atoms with Crippen LogP contribution in [0.15, 0.2) is 36.7 Å². The van der Waals surface area contributed by atoms with Crippen LogP contribution in [0.5, 0.6) is 17.4 Å². The third kappa shape index (κ3) is 3.90. The molecule has 1 fully saturated rings. The summed E-state index contributed by atoms with van der Waals surface area (Å²) in [6.45, 7) is 3.40. The number of ether oxygens (including phenoxy) is 2. The van der Waals surface area contributed by atoms with Gasteiger partial charge in [0.1, 0.15) is 5.69 Å². The van der Waals surface area contributed by atoms with Crippen molar-refractivity contribution in [2.45, 2.75) is 32.1 Å². The minimum Gasteiger partial charge on any atom is -0.493 e. The van der Waals surface area contributed by atoms with Gasteiger partial charge in [0.05, 0.1) is 7.11 Å². The van der Waals surface area contributed by atoms with Crippen LogP contribution in [0.1, 0.15) is 37.8 Å². The van der Waals surface area contributed by atoms with Gasteiger partial charge in [0, 0.05) is 37.8 Å². The van der Waals surface area contributed by atoms with Crippen LogP contribution in [0.2, 0.25) is 0 Å². The molecule has 0 N–H and O–H groups in total. The molecule has 0 saturated carbocycles. The third-order valence-corrected chi connectivity index (χ3v) is 4.50. The van der Waals surface area contributed by atoms with Gasteiger partial charge in [-0.15, -0.1) is 0 Å². The Balaban J connectivity index is 1.77. The van der Waals surface area contributed by atoms with Crippen molar-refractivity contribution in [1.82, 2.24) is 14.9 Å². The second-order valence-corrected chi connectivity index (χ2v) is 6.01. The molecule has 1 aromatic carbocycles. The molecule has 25 heavy (non-hydrogen) atoms. The van der Waals surface area contributed by atoms with E-state index >= 15 is 0 Å². The van der Waals surface area contributed by atoms with E-state index in [0.717, 1.165) is 31.6 Å². The monoisotopic (exact) mass is 341 g/mol. The average Bonchev–Trinajstić information content (AvgIpc) is 2.68. The molecular formula is C19H23N3O3. The van der Waals surface area contributed by atoms with E-state index in [1.54, 1.807) is 19.5 Å². The van der Waals surface area contributed by atoms with Gasteiger partial charge in [0.2, 0.25) is 11.8 Å². The second-order valence-electron chi connectivity index (χ2n) is 6.01. The molecule has 6 nitrogen and oxygen atoms in total. The van der Waals surface area contributed by atoms with Gasteiger partial charge in [0.15, 0.2) is 11.5 Å². The summed E-state index contributed by atoms with van der Waals surface area (Å²) < 4.78 is 11.3. The van der Waals surface area contributed by atoms with E-state index in [9.17, 15) is 4.79 Å². The molecule has 1 aliphatic heterocycles. The molecule has 6 heteroatoms. The zero-order chi connectivity index (χ0) is 17.6. The van der Waals surface area contributed by atoms with Crippen molar-refractivity contribution in [3.05, 3.63) is 42.4 Å². The van der Waals surface area contributed by atoms with Gasteiger partial charge < -0.3 is 14.4 Å². The quantitative estimate of drug-likeness (QED) is 0.834. The Labute approximate surface area is 147 Å². The van der Waals surface area contributed by atoms with Crippen molar-refractivity contribution in [2.75, 3.05) is 20.2 Å². The van der Waals surface area contributed by atoms with Gasteiger partial charge in [-0.3, -0.25) is 9.78 Å². The van der Waals surface area contributed by atoms with E-state index in [-0.39, 0.29) is 11.8 Å². The predicted molar refractivity (Wildman–Crippen MR) is 93.9 cm³/mol. The molecular weight excluding hydrogens is 318 g/mol. The summed E-state index contributed by atoms with van der Waals surface area (Å²) in [5.41, 5.74) is 0.844. The summed E-state index contributed by atoms with van der Waals surface area (Å²) in [5.74, 6) is 2.22. The van der Waals surface area contributed by atoms with Crippen LogP contribution in [-0.4, -0.2) is 41.0 Å². The molecule has 0 unspecified atom stereocenters. The summed E-state index contributed by atoms with van der Waals surface area (Å²) in [5, 5.41) is 0. The highest BCUT2D eigenvalue weighted by molar-refractivity contribution is 5.75. The van der Waals surface area contributed by atoms with Crippen molar-refractivity contribution in [3.63, 3.8) is 0 Å². The van der Waals surface area contributed by atoms with E-state index in [2.05, 4.69) is 9.97 Å². The van der Waals surface area contributed by atoms with Crippen molar-refractivity contribution in [2.24, 2.45) is 0 Å². The summed E-state index contributed by atoms with van der Waals surface area (Å²) in [6.07, 6.45) is 5.61. The lowest BCUT2D eigenvalue weighted by Gasteiger charge is -2.31. The van der Waals surface area contributed by atoms with Gasteiger partial charge in [-0.25, -0.2) is 4.98 Å². The Hall–Kier alpha value is -2.63. The van der Waals surface area contributed by atoms with Crippen molar-refractivity contribution in [3.8, 4) is 17.4 Å². The SMILES string of the molecule is CCC(=O)N1CCC(c2nccnc2Oc2ccccc2OC)CC1. The third-order valence-electron chi connectivity index (χ3n) is 4.50. The molecule has 1 amide bonds. The van der Waals surface area contributed by atoms with Crippen molar-refractivity contribution in [1.29, 1.82) is 0 Å². The highest BCUT2D eigenvalue weighted by atomic mass is 16.5. The smallest absolute Gasteiger partial charge is 0.241 e. The van der Waals surface area contributed by atoms with E-state index in [1.807, 2.05) is 36.1 Å². The predicted octanol–water partition coefficient (Wildman–Crippen LogP) is 3.39. The highest BCUT2D eigenvalue weighted by Gasteiger charge is 2.27. The number of piperidine rings is 1. The fraction of sp³-hybridized carbons (Fsp3) is 0.421. The Morgan fingerprint density at radius 3 is 2.52 bits per heavy atom. The summed E-state index contributed by atoms with van der Waals surface area (Å²) in [4.78, 5) is 22.7. The van der Waals surface area contributed by atoms with E-state index < -0.39 is 0 Å². The summed E-state index contributed by atoms with van der Waals surface area (Å²) in [7, 11) is 1.61. The fourth-order valence-corrected chi connectivity index (χ4v) is 3.13. The van der Waals surface area contributed by atoms with Crippen LogP contribution < -0.4 is 9.47 Å². The number of benzene rings is 1. The minimum atomic E-state index is 0.211. The molecule has 1 aromatic heterocycles. The zero-order valence-electron chi connectivity index (χ0n) is 14.6. The molecule has 132 valence electrons. The Morgan fingerprint density at radius 1 is 1.16 bits per heavy atom. The van der Waals surface area contributed by atoms with Crippen LogP contribution in [0, 0.1) is 0 Å². The van der Waals surface area contributed by atoms with Crippen LogP contribution in [-0.2, 0) is 4.79 Å². The number of para-hydroxylation sites is 2. The Kier molecular flexibility index (Phi) is 5.48. The van der Waals surface area contributed by atoms with Crippen LogP contribution >= 0.6 is 0 Å². The number of rotatable bonds is 5. The van der Waals surface area contributed by atoms with Gasteiger partial charge >= 0.3 is 0 Å². The molecule has 0 atom stereocenters.